The van der Waals surface area contributed by atoms with Crippen molar-refractivity contribution in [1.29, 1.82) is 0 Å². The molecule has 12 heteroatoms. The fourth-order valence-corrected chi connectivity index (χ4v) is 2.72. The van der Waals surface area contributed by atoms with Gasteiger partial charge >= 0.3 is 12.0 Å². The number of ether oxygens (including phenoxy) is 1. The number of nitrogens with zero attached hydrogens (tertiary/aromatic N) is 4. The standard InChI is InChI=1S/C13H10F3N5O3S/c14-13(15,16)7-24-9-2-1-8(5-17-9)6-18-10-11(21(22)23)20-3-4-25-12(20)19-10/h1-5,18H,6-7H2. The zero-order valence-electron chi connectivity index (χ0n) is 12.4. The van der Waals surface area contributed by atoms with Crippen molar-refractivity contribution in [3.63, 3.8) is 0 Å². The largest absolute Gasteiger partial charge is 0.468 e. The third-order valence-corrected chi connectivity index (χ3v) is 3.81. The Morgan fingerprint density at radius 3 is 2.84 bits per heavy atom. The quantitative estimate of drug-likeness (QED) is 0.526. The zero-order valence-corrected chi connectivity index (χ0v) is 13.2. The minimum atomic E-state index is -4.44. The number of thiazole rings is 1. The molecule has 0 unspecified atom stereocenters. The van der Waals surface area contributed by atoms with Crippen LogP contribution in [0.5, 0.6) is 5.88 Å². The van der Waals surface area contributed by atoms with Crippen LogP contribution in [0.3, 0.4) is 0 Å². The van der Waals surface area contributed by atoms with E-state index in [2.05, 4.69) is 20.0 Å². The number of hydrogen-bond acceptors (Lipinski definition) is 7. The summed E-state index contributed by atoms with van der Waals surface area (Å²) in [5.41, 5.74) is 0.602. The maximum Gasteiger partial charge on any atom is 0.422 e. The number of rotatable bonds is 6. The highest BCUT2D eigenvalue weighted by atomic mass is 32.1. The highest BCUT2D eigenvalue weighted by Gasteiger charge is 2.28. The predicted octanol–water partition coefficient (Wildman–Crippen LogP) is 3.25. The molecule has 1 N–H and O–H groups in total. The third-order valence-electron chi connectivity index (χ3n) is 3.05. The molecule has 0 saturated heterocycles. The summed E-state index contributed by atoms with van der Waals surface area (Å²) in [6.45, 7) is -1.26. The molecule has 8 nitrogen and oxygen atoms in total. The van der Waals surface area contributed by atoms with Gasteiger partial charge in [0, 0.05) is 24.2 Å². The Morgan fingerprint density at radius 2 is 2.20 bits per heavy atom. The first-order chi connectivity index (χ1) is 11.8. The van der Waals surface area contributed by atoms with E-state index in [4.69, 9.17) is 0 Å². The van der Waals surface area contributed by atoms with Gasteiger partial charge in [-0.2, -0.15) is 22.6 Å². The second-order valence-corrected chi connectivity index (χ2v) is 5.73. The monoisotopic (exact) mass is 373 g/mol. The van der Waals surface area contributed by atoms with E-state index in [1.807, 2.05) is 0 Å². The Hall–Kier alpha value is -2.89. The van der Waals surface area contributed by atoms with E-state index >= 15 is 0 Å². The number of nitro groups is 1. The molecule has 0 aliphatic heterocycles. The number of aromatic nitrogens is 3. The lowest BCUT2D eigenvalue weighted by molar-refractivity contribution is -0.389. The highest BCUT2D eigenvalue weighted by molar-refractivity contribution is 7.15. The zero-order chi connectivity index (χ0) is 18.0. The molecule has 3 aromatic heterocycles. The number of anilines is 1. The second kappa shape index (κ2) is 6.55. The molecule has 0 bridgehead atoms. The van der Waals surface area contributed by atoms with Gasteiger partial charge in [0.1, 0.15) is 6.20 Å². The first-order valence-electron chi connectivity index (χ1n) is 6.82. The van der Waals surface area contributed by atoms with Crippen molar-refractivity contribution in [2.75, 3.05) is 11.9 Å². The van der Waals surface area contributed by atoms with Gasteiger partial charge in [0.05, 0.1) is 0 Å². The van der Waals surface area contributed by atoms with E-state index in [0.29, 0.717) is 10.5 Å². The summed E-state index contributed by atoms with van der Waals surface area (Å²) in [5.74, 6) is -0.238. The van der Waals surface area contributed by atoms with Crippen LogP contribution in [0.25, 0.3) is 4.96 Å². The molecule has 0 spiro atoms. The van der Waals surface area contributed by atoms with Crippen molar-refractivity contribution in [3.05, 3.63) is 45.6 Å². The van der Waals surface area contributed by atoms with Crippen molar-refractivity contribution in [1.82, 2.24) is 14.4 Å². The van der Waals surface area contributed by atoms with Crippen molar-refractivity contribution < 1.29 is 22.8 Å². The van der Waals surface area contributed by atoms with Gasteiger partial charge in [-0.15, -0.1) is 0 Å². The molecule has 132 valence electrons. The lowest BCUT2D eigenvalue weighted by Gasteiger charge is -2.09. The van der Waals surface area contributed by atoms with Gasteiger partial charge in [0.15, 0.2) is 6.61 Å². The molecular formula is C13H10F3N5O3S. The topological polar surface area (TPSA) is 94.6 Å². The number of alkyl halides is 3. The van der Waals surface area contributed by atoms with E-state index in [1.54, 1.807) is 11.6 Å². The summed E-state index contributed by atoms with van der Waals surface area (Å²) < 4.78 is 42.1. The lowest BCUT2D eigenvalue weighted by atomic mass is 10.3. The SMILES string of the molecule is O=[N+]([O-])c1c(NCc2ccc(OCC(F)(F)F)nc2)nc2sccn12. The van der Waals surface area contributed by atoms with Gasteiger partial charge < -0.3 is 20.2 Å². The number of pyridine rings is 1. The second-order valence-electron chi connectivity index (χ2n) is 4.86. The minimum absolute atomic E-state index is 0.106. The number of fused-ring (bicyclic) bond motifs is 1. The first-order valence-corrected chi connectivity index (χ1v) is 7.70. The number of halogens is 3. The van der Waals surface area contributed by atoms with E-state index in [0.717, 1.165) is 0 Å². The molecule has 3 heterocycles. The van der Waals surface area contributed by atoms with Crippen LogP contribution in [-0.4, -0.2) is 32.1 Å². The van der Waals surface area contributed by atoms with Crippen LogP contribution in [-0.2, 0) is 6.54 Å². The Labute approximate surface area is 142 Å². The fraction of sp³-hybridized carbons (Fsp3) is 0.231. The van der Waals surface area contributed by atoms with Gasteiger partial charge in [-0.3, -0.25) is 0 Å². The third kappa shape index (κ3) is 3.96. The van der Waals surface area contributed by atoms with Crippen LogP contribution >= 0.6 is 11.3 Å². The number of hydrogen-bond donors (Lipinski definition) is 1. The molecule has 0 aliphatic carbocycles. The maximum atomic E-state index is 12.1. The number of nitrogens with one attached hydrogen (secondary N) is 1. The first kappa shape index (κ1) is 17.0. The van der Waals surface area contributed by atoms with E-state index in [-0.39, 0.29) is 24.1 Å². The Morgan fingerprint density at radius 1 is 1.40 bits per heavy atom. The molecule has 0 saturated carbocycles. The fourth-order valence-electron chi connectivity index (χ4n) is 2.01. The van der Waals surface area contributed by atoms with Crippen molar-refractivity contribution in [2.24, 2.45) is 0 Å². The smallest absolute Gasteiger partial charge is 0.422 e. The van der Waals surface area contributed by atoms with Gasteiger partial charge in [-0.05, 0) is 10.5 Å². The molecular weight excluding hydrogens is 363 g/mol. The van der Waals surface area contributed by atoms with Crippen LogP contribution < -0.4 is 10.1 Å². The average molecular weight is 373 g/mol. The predicted molar refractivity (Wildman–Crippen MR) is 82.8 cm³/mol. The van der Waals surface area contributed by atoms with Crippen molar-refractivity contribution >= 4 is 27.9 Å². The van der Waals surface area contributed by atoms with Gasteiger partial charge in [-0.1, -0.05) is 17.4 Å². The average Bonchev–Trinajstić information content (AvgIpc) is 3.11. The molecule has 0 aliphatic rings. The summed E-state index contributed by atoms with van der Waals surface area (Å²) in [6.07, 6.45) is -1.57. The highest BCUT2D eigenvalue weighted by Crippen LogP contribution is 2.28. The molecule has 25 heavy (non-hydrogen) atoms. The van der Waals surface area contributed by atoms with Crippen LogP contribution in [0.15, 0.2) is 29.9 Å². The molecule has 0 amide bonds. The maximum absolute atomic E-state index is 12.1. The summed E-state index contributed by atoms with van der Waals surface area (Å²) in [7, 11) is 0. The molecule has 3 rings (SSSR count). The van der Waals surface area contributed by atoms with Crippen LogP contribution in [0.1, 0.15) is 5.56 Å². The molecule has 3 aromatic rings. The summed E-state index contributed by atoms with van der Waals surface area (Å²) >= 11 is 1.26. The van der Waals surface area contributed by atoms with E-state index in [9.17, 15) is 23.3 Å². The van der Waals surface area contributed by atoms with Crippen LogP contribution in [0, 0.1) is 10.1 Å². The van der Waals surface area contributed by atoms with E-state index < -0.39 is 17.7 Å². The Bertz CT molecular complexity index is 891. The molecule has 0 radical (unpaired) electrons. The Kier molecular flexibility index (Phi) is 4.44. The van der Waals surface area contributed by atoms with Gasteiger partial charge in [0.2, 0.25) is 11.7 Å². The summed E-state index contributed by atoms with van der Waals surface area (Å²) in [6, 6.07) is 2.80. The van der Waals surface area contributed by atoms with Gasteiger partial charge in [0.25, 0.3) is 4.96 Å². The normalized spacial score (nSPS) is 11.6. The van der Waals surface area contributed by atoms with E-state index in [1.165, 1.54) is 34.1 Å². The molecule has 0 fully saturated rings. The van der Waals surface area contributed by atoms with Crippen LogP contribution in [0.4, 0.5) is 24.8 Å². The minimum Gasteiger partial charge on any atom is -0.468 e. The summed E-state index contributed by atoms with van der Waals surface area (Å²) in [5, 5.41) is 15.7. The lowest BCUT2D eigenvalue weighted by Crippen LogP contribution is -2.19. The van der Waals surface area contributed by atoms with Crippen LogP contribution in [0.2, 0.25) is 0 Å². The van der Waals surface area contributed by atoms with Crippen molar-refractivity contribution in [2.45, 2.75) is 12.7 Å². The van der Waals surface area contributed by atoms with Crippen molar-refractivity contribution in [3.8, 4) is 5.88 Å². The number of imidazole rings is 1. The Balaban J connectivity index is 1.67. The molecule has 0 atom stereocenters. The molecule has 0 aromatic carbocycles. The summed E-state index contributed by atoms with van der Waals surface area (Å²) in [4.78, 5) is 19.0. The van der Waals surface area contributed by atoms with Gasteiger partial charge in [-0.25, -0.2) is 4.98 Å².